The predicted octanol–water partition coefficient (Wildman–Crippen LogP) is 2.02. The van der Waals surface area contributed by atoms with Gasteiger partial charge in [0, 0.05) is 31.6 Å². The van der Waals surface area contributed by atoms with E-state index in [1.54, 1.807) is 0 Å². The number of carbonyl (C=O) groups is 1. The number of fused-ring (bicyclic) bond motifs is 3. The highest BCUT2D eigenvalue weighted by atomic mass is 16.2. The molecular formula is C16H26N2O. The van der Waals surface area contributed by atoms with Gasteiger partial charge in [0.25, 0.3) is 0 Å². The Morgan fingerprint density at radius 2 is 2.05 bits per heavy atom. The lowest BCUT2D eigenvalue weighted by Gasteiger charge is -2.30. The summed E-state index contributed by atoms with van der Waals surface area (Å²) in [6.45, 7) is 4.39. The summed E-state index contributed by atoms with van der Waals surface area (Å²) < 4.78 is 0. The van der Waals surface area contributed by atoms with Gasteiger partial charge in [-0.1, -0.05) is 6.42 Å². The summed E-state index contributed by atoms with van der Waals surface area (Å²) in [7, 11) is 0. The van der Waals surface area contributed by atoms with Crippen LogP contribution in [0.25, 0.3) is 0 Å². The summed E-state index contributed by atoms with van der Waals surface area (Å²) in [4.78, 5) is 15.0. The quantitative estimate of drug-likeness (QED) is 0.826. The molecule has 2 aliphatic heterocycles. The molecule has 1 N–H and O–H groups in total. The second kappa shape index (κ2) is 4.47. The molecule has 1 amide bonds. The molecule has 0 spiro atoms. The largest absolute Gasteiger partial charge is 0.335 e. The van der Waals surface area contributed by atoms with Gasteiger partial charge in [-0.2, -0.15) is 0 Å². The molecule has 0 radical (unpaired) electrons. The zero-order valence-corrected chi connectivity index (χ0v) is 12.0. The topological polar surface area (TPSA) is 32.3 Å². The van der Waals surface area contributed by atoms with Crippen molar-refractivity contribution in [3.05, 3.63) is 0 Å². The third kappa shape index (κ3) is 1.93. The molecule has 4 fully saturated rings. The predicted molar refractivity (Wildman–Crippen MR) is 74.6 cm³/mol. The minimum Gasteiger partial charge on any atom is -0.335 e. The van der Waals surface area contributed by atoms with Crippen LogP contribution in [0.2, 0.25) is 0 Å². The van der Waals surface area contributed by atoms with E-state index in [2.05, 4.69) is 17.1 Å². The van der Waals surface area contributed by atoms with Crippen LogP contribution in [0.1, 0.15) is 45.4 Å². The molecular weight excluding hydrogens is 236 g/mol. The summed E-state index contributed by atoms with van der Waals surface area (Å²) >= 11 is 0. The Bertz CT molecular complexity index is 383. The van der Waals surface area contributed by atoms with E-state index in [0.717, 1.165) is 37.3 Å². The number of amides is 1. The monoisotopic (exact) mass is 262 g/mol. The fraction of sp³-hybridized carbons (Fsp3) is 0.938. The standard InChI is InChI=1S/C16H26N2O/c1-10-4-14-8-17-9-15(14)18(10)16(19)7-13-6-11-2-3-12(13)5-11/h10-15,17H,2-9H2,1H3. The first-order valence-corrected chi connectivity index (χ1v) is 8.24. The lowest BCUT2D eigenvalue weighted by atomic mass is 9.86. The Kier molecular flexibility index (Phi) is 2.87. The highest BCUT2D eigenvalue weighted by Crippen LogP contribution is 2.50. The maximum Gasteiger partial charge on any atom is 0.223 e. The first-order chi connectivity index (χ1) is 9.22. The molecule has 6 unspecified atom stereocenters. The van der Waals surface area contributed by atoms with Gasteiger partial charge in [0.1, 0.15) is 0 Å². The summed E-state index contributed by atoms with van der Waals surface area (Å²) in [5, 5.41) is 3.46. The first-order valence-electron chi connectivity index (χ1n) is 8.24. The zero-order chi connectivity index (χ0) is 13.0. The van der Waals surface area contributed by atoms with E-state index >= 15 is 0 Å². The Balaban J connectivity index is 1.42. The van der Waals surface area contributed by atoms with Crippen molar-refractivity contribution in [3.63, 3.8) is 0 Å². The van der Waals surface area contributed by atoms with Crippen molar-refractivity contribution in [1.29, 1.82) is 0 Å². The van der Waals surface area contributed by atoms with E-state index in [4.69, 9.17) is 0 Å². The van der Waals surface area contributed by atoms with Crippen LogP contribution in [-0.2, 0) is 4.79 Å². The number of hydrogen-bond donors (Lipinski definition) is 1. The van der Waals surface area contributed by atoms with Crippen LogP contribution in [-0.4, -0.2) is 36.0 Å². The maximum atomic E-state index is 12.7. The molecule has 2 aliphatic carbocycles. The number of nitrogens with zero attached hydrogens (tertiary/aromatic N) is 1. The molecule has 6 atom stereocenters. The van der Waals surface area contributed by atoms with Gasteiger partial charge in [-0.15, -0.1) is 0 Å². The first kappa shape index (κ1) is 12.2. The number of rotatable bonds is 2. The van der Waals surface area contributed by atoms with Crippen LogP contribution < -0.4 is 5.32 Å². The lowest BCUT2D eigenvalue weighted by Crippen LogP contribution is -2.43. The summed E-state index contributed by atoms with van der Waals surface area (Å²) in [5.74, 6) is 3.73. The molecule has 2 saturated carbocycles. The molecule has 0 aromatic rings. The fourth-order valence-corrected chi connectivity index (χ4v) is 5.55. The molecule has 19 heavy (non-hydrogen) atoms. The van der Waals surface area contributed by atoms with Crippen LogP contribution in [0.15, 0.2) is 0 Å². The van der Waals surface area contributed by atoms with Gasteiger partial charge in [-0.05, 0) is 56.3 Å². The molecule has 3 heteroatoms. The van der Waals surface area contributed by atoms with Gasteiger partial charge in [0.15, 0.2) is 0 Å². The van der Waals surface area contributed by atoms with Crippen molar-refractivity contribution in [2.24, 2.45) is 23.7 Å². The molecule has 0 aromatic heterocycles. The van der Waals surface area contributed by atoms with Crippen molar-refractivity contribution in [2.75, 3.05) is 13.1 Å². The normalized spacial score (nSPS) is 47.9. The zero-order valence-electron chi connectivity index (χ0n) is 12.0. The number of carbonyl (C=O) groups excluding carboxylic acids is 1. The second-order valence-electron chi connectivity index (χ2n) is 7.51. The Hall–Kier alpha value is -0.570. The average molecular weight is 262 g/mol. The third-order valence-corrected chi connectivity index (χ3v) is 6.39. The van der Waals surface area contributed by atoms with Gasteiger partial charge in [0.05, 0.1) is 0 Å². The Labute approximate surface area is 116 Å². The minimum absolute atomic E-state index is 0.459. The molecule has 4 aliphatic rings. The highest BCUT2D eigenvalue weighted by molar-refractivity contribution is 5.77. The molecule has 2 bridgehead atoms. The summed E-state index contributed by atoms with van der Waals surface area (Å²) in [5.41, 5.74) is 0. The summed E-state index contributed by atoms with van der Waals surface area (Å²) in [6, 6.07) is 0.976. The van der Waals surface area contributed by atoms with E-state index in [1.807, 2.05) is 0 Å². The van der Waals surface area contributed by atoms with Crippen LogP contribution >= 0.6 is 0 Å². The van der Waals surface area contributed by atoms with Crippen LogP contribution in [0.5, 0.6) is 0 Å². The van der Waals surface area contributed by atoms with E-state index in [-0.39, 0.29) is 0 Å². The van der Waals surface area contributed by atoms with Gasteiger partial charge in [-0.3, -0.25) is 4.79 Å². The second-order valence-corrected chi connectivity index (χ2v) is 7.51. The minimum atomic E-state index is 0.459. The highest BCUT2D eigenvalue weighted by Gasteiger charge is 2.46. The van der Waals surface area contributed by atoms with E-state index in [9.17, 15) is 4.79 Å². The molecule has 106 valence electrons. The van der Waals surface area contributed by atoms with Crippen molar-refractivity contribution < 1.29 is 4.79 Å². The SMILES string of the molecule is CC1CC2CNCC2N1C(=O)CC1CC2CCC1C2. The third-order valence-electron chi connectivity index (χ3n) is 6.39. The van der Waals surface area contributed by atoms with Crippen LogP contribution in [0, 0.1) is 23.7 Å². The molecule has 3 nitrogen and oxygen atoms in total. The molecule has 4 rings (SSSR count). The van der Waals surface area contributed by atoms with Gasteiger partial charge < -0.3 is 10.2 Å². The molecule has 0 aromatic carbocycles. The summed E-state index contributed by atoms with van der Waals surface area (Å²) in [6.07, 6.45) is 7.64. The maximum absolute atomic E-state index is 12.7. The number of nitrogens with one attached hydrogen (secondary N) is 1. The Morgan fingerprint density at radius 1 is 1.16 bits per heavy atom. The van der Waals surface area contributed by atoms with Crippen LogP contribution in [0.3, 0.4) is 0 Å². The van der Waals surface area contributed by atoms with Gasteiger partial charge in [-0.25, -0.2) is 0 Å². The lowest BCUT2D eigenvalue weighted by molar-refractivity contribution is -0.135. The Morgan fingerprint density at radius 3 is 2.79 bits per heavy atom. The average Bonchev–Trinajstić information content (AvgIpc) is 3.07. The van der Waals surface area contributed by atoms with Crippen molar-refractivity contribution >= 4 is 5.91 Å². The van der Waals surface area contributed by atoms with Crippen LogP contribution in [0.4, 0.5) is 0 Å². The molecule has 2 heterocycles. The van der Waals surface area contributed by atoms with E-state index in [1.165, 1.54) is 32.1 Å². The van der Waals surface area contributed by atoms with Gasteiger partial charge >= 0.3 is 0 Å². The number of likely N-dealkylation sites (tertiary alicyclic amines) is 1. The van der Waals surface area contributed by atoms with Crippen molar-refractivity contribution in [1.82, 2.24) is 10.2 Å². The van der Waals surface area contributed by atoms with E-state index < -0.39 is 0 Å². The molecule has 2 saturated heterocycles. The van der Waals surface area contributed by atoms with Gasteiger partial charge in [0.2, 0.25) is 5.91 Å². The fourth-order valence-electron chi connectivity index (χ4n) is 5.55. The number of hydrogen-bond acceptors (Lipinski definition) is 2. The van der Waals surface area contributed by atoms with E-state index in [0.29, 0.717) is 23.9 Å². The smallest absolute Gasteiger partial charge is 0.223 e. The van der Waals surface area contributed by atoms with Crippen molar-refractivity contribution in [3.8, 4) is 0 Å². The van der Waals surface area contributed by atoms with Crippen molar-refractivity contribution in [2.45, 2.75) is 57.5 Å².